The van der Waals surface area contributed by atoms with Crippen molar-refractivity contribution >= 4 is 23.7 Å². The Labute approximate surface area is 235 Å². The maximum atomic E-state index is 11.6. The lowest BCUT2D eigenvalue weighted by molar-refractivity contribution is -0.140. The fourth-order valence-electron chi connectivity index (χ4n) is 4.09. The molecule has 0 saturated heterocycles. The number of aliphatic carboxylic acids is 1. The normalized spacial score (nSPS) is 11.5. The number of carbonyl (C=O) groups excluding carboxylic acids is 1. The van der Waals surface area contributed by atoms with Crippen LogP contribution in [0.3, 0.4) is 0 Å². The van der Waals surface area contributed by atoms with Crippen molar-refractivity contribution in [2.24, 2.45) is 0 Å². The molecular weight excluding hydrogens is 512 g/mol. The Bertz CT molecular complexity index is 1120. The van der Waals surface area contributed by atoms with Crippen molar-refractivity contribution in [3.05, 3.63) is 95.6 Å². The second-order valence-corrected chi connectivity index (χ2v) is 10.5. The maximum Gasteiger partial charge on any atom is 0.306 e. The minimum absolute atomic E-state index is 0.127. The van der Waals surface area contributed by atoms with E-state index in [1.165, 1.54) is 18.2 Å². The highest BCUT2D eigenvalue weighted by atomic mass is 32.2. The van der Waals surface area contributed by atoms with E-state index < -0.39 is 5.97 Å². The van der Waals surface area contributed by atoms with Crippen molar-refractivity contribution in [1.29, 1.82) is 0 Å². The van der Waals surface area contributed by atoms with Gasteiger partial charge in [0.1, 0.15) is 11.5 Å². The van der Waals surface area contributed by atoms with E-state index in [0.717, 1.165) is 48.5 Å². The number of aryl methyl sites for hydroxylation is 2. The molecule has 1 unspecified atom stereocenters. The summed E-state index contributed by atoms with van der Waals surface area (Å²) in [7, 11) is 1.43. The molecule has 0 saturated carbocycles. The lowest BCUT2D eigenvalue weighted by Gasteiger charge is -2.18. The first-order valence-electron chi connectivity index (χ1n) is 13.4. The van der Waals surface area contributed by atoms with Crippen LogP contribution in [0.1, 0.15) is 54.0 Å². The Kier molecular flexibility index (Phi) is 13.3. The van der Waals surface area contributed by atoms with Crippen molar-refractivity contribution in [1.82, 2.24) is 0 Å². The Morgan fingerprint density at radius 2 is 1.38 bits per heavy atom. The molecule has 0 aromatic heterocycles. The number of hydrogen-bond donors (Lipinski definition) is 1. The minimum Gasteiger partial charge on any atom is -0.493 e. The van der Waals surface area contributed by atoms with E-state index in [1.54, 1.807) is 11.8 Å². The Balaban J connectivity index is 1.42. The number of ether oxygens (including phenoxy) is 3. The zero-order valence-electron chi connectivity index (χ0n) is 22.6. The number of esters is 1. The van der Waals surface area contributed by atoms with Gasteiger partial charge in [-0.25, -0.2) is 0 Å². The summed E-state index contributed by atoms with van der Waals surface area (Å²) in [6, 6.07) is 26.3. The molecule has 208 valence electrons. The fourth-order valence-corrected chi connectivity index (χ4v) is 5.34. The van der Waals surface area contributed by atoms with E-state index in [-0.39, 0.29) is 12.4 Å². The van der Waals surface area contributed by atoms with E-state index in [2.05, 4.69) is 36.4 Å². The standard InChI is InChI=1S/C32H38O6S/c1-36-32(35)21-24-39-30(10-5-9-25-7-3-2-4-8-25)27-14-18-29(19-15-27)38-23-6-22-37-28-16-11-26(12-17-28)13-20-31(33)34/h2-4,7-8,11-12,14-19,30H,5-6,9-10,13,20-24H2,1H3,(H,33,34). The van der Waals surface area contributed by atoms with Crippen LogP contribution in [0, 0.1) is 0 Å². The molecular formula is C32H38O6S. The van der Waals surface area contributed by atoms with Crippen LogP contribution in [-0.2, 0) is 27.2 Å². The van der Waals surface area contributed by atoms with Gasteiger partial charge in [-0.15, -0.1) is 0 Å². The van der Waals surface area contributed by atoms with Crippen LogP contribution in [0.2, 0.25) is 0 Å². The quantitative estimate of drug-likeness (QED) is 0.136. The number of benzene rings is 3. The molecule has 0 spiro atoms. The molecule has 0 aliphatic heterocycles. The molecule has 7 heteroatoms. The number of carbonyl (C=O) groups is 2. The molecule has 1 atom stereocenters. The summed E-state index contributed by atoms with van der Waals surface area (Å²) >= 11 is 1.80. The highest BCUT2D eigenvalue weighted by Gasteiger charge is 2.14. The number of hydrogen-bond acceptors (Lipinski definition) is 6. The molecule has 3 aromatic carbocycles. The van der Waals surface area contributed by atoms with E-state index >= 15 is 0 Å². The topological polar surface area (TPSA) is 82.1 Å². The summed E-state index contributed by atoms with van der Waals surface area (Å²) in [6.07, 6.45) is 4.93. The lowest BCUT2D eigenvalue weighted by Crippen LogP contribution is -2.05. The van der Waals surface area contributed by atoms with Gasteiger partial charge in [-0.3, -0.25) is 9.59 Å². The van der Waals surface area contributed by atoms with Gasteiger partial charge < -0.3 is 19.3 Å². The SMILES string of the molecule is COC(=O)CCSC(CCCc1ccccc1)c1ccc(OCCCOc2ccc(CCC(=O)O)cc2)cc1. The third-order valence-electron chi connectivity index (χ3n) is 6.26. The molecule has 0 fully saturated rings. The van der Waals surface area contributed by atoms with E-state index in [1.807, 2.05) is 42.5 Å². The first-order valence-corrected chi connectivity index (χ1v) is 14.5. The van der Waals surface area contributed by atoms with Crippen LogP contribution >= 0.6 is 11.8 Å². The van der Waals surface area contributed by atoms with Crippen LogP contribution in [0.5, 0.6) is 11.5 Å². The smallest absolute Gasteiger partial charge is 0.306 e. The van der Waals surface area contributed by atoms with Crippen molar-refractivity contribution in [3.63, 3.8) is 0 Å². The summed E-state index contributed by atoms with van der Waals surface area (Å²) in [5.41, 5.74) is 3.56. The van der Waals surface area contributed by atoms with Crippen LogP contribution < -0.4 is 9.47 Å². The minimum atomic E-state index is -0.793. The number of methoxy groups -OCH3 is 1. The molecule has 0 aliphatic carbocycles. The van der Waals surface area contributed by atoms with Gasteiger partial charge in [0, 0.05) is 23.8 Å². The maximum absolute atomic E-state index is 11.6. The fraction of sp³-hybridized carbons (Fsp3) is 0.375. The Morgan fingerprint density at radius 3 is 2.00 bits per heavy atom. The summed E-state index contributed by atoms with van der Waals surface area (Å²) in [5.74, 6) is 1.35. The number of thioether (sulfide) groups is 1. The Hall–Kier alpha value is -3.45. The lowest BCUT2D eigenvalue weighted by atomic mass is 10.0. The highest BCUT2D eigenvalue weighted by molar-refractivity contribution is 7.99. The number of carboxylic acids is 1. The largest absolute Gasteiger partial charge is 0.493 e. The zero-order valence-corrected chi connectivity index (χ0v) is 23.4. The summed E-state index contributed by atoms with van der Waals surface area (Å²) in [6.45, 7) is 1.08. The Morgan fingerprint density at radius 1 is 0.769 bits per heavy atom. The van der Waals surface area contributed by atoms with Gasteiger partial charge in [-0.2, -0.15) is 11.8 Å². The van der Waals surface area contributed by atoms with Gasteiger partial charge in [0.15, 0.2) is 0 Å². The molecule has 0 radical (unpaired) electrons. The molecule has 3 aromatic rings. The molecule has 0 aliphatic rings. The molecule has 1 N–H and O–H groups in total. The molecule has 0 heterocycles. The second kappa shape index (κ2) is 17.2. The van der Waals surface area contributed by atoms with Crippen LogP contribution in [-0.4, -0.2) is 43.1 Å². The van der Waals surface area contributed by atoms with Crippen molar-refractivity contribution in [2.45, 2.75) is 50.2 Å². The van der Waals surface area contributed by atoms with E-state index in [9.17, 15) is 9.59 Å². The monoisotopic (exact) mass is 550 g/mol. The first-order chi connectivity index (χ1) is 19.0. The molecule has 0 bridgehead atoms. The van der Waals surface area contributed by atoms with Gasteiger partial charge in [0.05, 0.1) is 26.7 Å². The predicted octanol–water partition coefficient (Wildman–Crippen LogP) is 6.91. The van der Waals surface area contributed by atoms with E-state index in [4.69, 9.17) is 19.3 Å². The summed E-state index contributed by atoms with van der Waals surface area (Å²) < 4.78 is 16.5. The third kappa shape index (κ3) is 11.9. The first kappa shape index (κ1) is 30.1. The van der Waals surface area contributed by atoms with Crippen LogP contribution in [0.4, 0.5) is 0 Å². The van der Waals surface area contributed by atoms with E-state index in [0.29, 0.717) is 31.3 Å². The van der Waals surface area contributed by atoms with Gasteiger partial charge >= 0.3 is 11.9 Å². The molecule has 6 nitrogen and oxygen atoms in total. The highest BCUT2D eigenvalue weighted by Crippen LogP contribution is 2.35. The average Bonchev–Trinajstić information content (AvgIpc) is 2.96. The number of rotatable bonds is 18. The third-order valence-corrected chi connectivity index (χ3v) is 7.61. The number of carboxylic acid groups (broad SMARTS) is 1. The molecule has 3 rings (SSSR count). The van der Waals surface area contributed by atoms with Crippen LogP contribution in [0.25, 0.3) is 0 Å². The van der Waals surface area contributed by atoms with Crippen molar-refractivity contribution < 1.29 is 28.9 Å². The zero-order chi connectivity index (χ0) is 27.7. The summed E-state index contributed by atoms with van der Waals surface area (Å²) in [5, 5.41) is 9.09. The van der Waals surface area contributed by atoms with Gasteiger partial charge in [0.2, 0.25) is 0 Å². The van der Waals surface area contributed by atoms with Crippen LogP contribution in [0.15, 0.2) is 78.9 Å². The molecule has 0 amide bonds. The van der Waals surface area contributed by atoms with Gasteiger partial charge in [-0.1, -0.05) is 54.6 Å². The summed E-state index contributed by atoms with van der Waals surface area (Å²) in [4.78, 5) is 22.3. The average molecular weight is 551 g/mol. The van der Waals surface area contributed by atoms with Crippen molar-refractivity contribution in [2.75, 3.05) is 26.1 Å². The van der Waals surface area contributed by atoms with Crippen molar-refractivity contribution in [3.8, 4) is 11.5 Å². The predicted molar refractivity (Wildman–Crippen MR) is 156 cm³/mol. The van der Waals surface area contributed by atoms with Gasteiger partial charge in [-0.05, 0) is 66.6 Å². The molecule has 39 heavy (non-hydrogen) atoms. The van der Waals surface area contributed by atoms with Gasteiger partial charge in [0.25, 0.3) is 0 Å². The second-order valence-electron chi connectivity index (χ2n) is 9.22.